The van der Waals surface area contributed by atoms with Gasteiger partial charge >= 0.3 is 5.95 Å². The van der Waals surface area contributed by atoms with Crippen molar-refractivity contribution >= 4 is 27.8 Å². The monoisotopic (exact) mass is 213 g/mol. The summed E-state index contributed by atoms with van der Waals surface area (Å²) in [5.41, 5.74) is 1.33. The van der Waals surface area contributed by atoms with E-state index >= 15 is 0 Å². The van der Waals surface area contributed by atoms with Crippen molar-refractivity contribution in [3.8, 4) is 0 Å². The minimum absolute atomic E-state index is 0.216. The first-order valence-electron chi connectivity index (χ1n) is 4.77. The number of nitrogens with one attached hydrogen (secondary N) is 1. The number of aromatic amines is 1. The minimum Gasteiger partial charge on any atom is -0.390 e. The largest absolute Gasteiger partial charge is 0.433 e. The van der Waals surface area contributed by atoms with E-state index in [1.54, 1.807) is 6.07 Å². The van der Waals surface area contributed by atoms with Crippen molar-refractivity contribution in [3.63, 3.8) is 0 Å². The van der Waals surface area contributed by atoms with Gasteiger partial charge in [0.05, 0.1) is 0 Å². The van der Waals surface area contributed by atoms with Crippen LogP contribution in [0.3, 0.4) is 0 Å². The molecule has 0 radical (unpaired) electrons. The van der Waals surface area contributed by atoms with E-state index in [1.165, 1.54) is 0 Å². The van der Waals surface area contributed by atoms with Gasteiger partial charge in [-0.3, -0.25) is 0 Å². The number of nitro groups is 1. The number of hydrogen-bond donors (Lipinski definition) is 1. The first-order chi connectivity index (χ1) is 7.75. The van der Waals surface area contributed by atoms with E-state index in [2.05, 4.69) is 9.97 Å². The lowest BCUT2D eigenvalue weighted by Crippen LogP contribution is -1.88. The van der Waals surface area contributed by atoms with Gasteiger partial charge < -0.3 is 10.1 Å². The highest BCUT2D eigenvalue weighted by Crippen LogP contribution is 2.25. The normalized spacial score (nSPS) is 11.0. The molecule has 0 spiro atoms. The van der Waals surface area contributed by atoms with Gasteiger partial charge in [-0.25, -0.2) is 4.98 Å². The number of hydrogen-bond acceptors (Lipinski definition) is 3. The van der Waals surface area contributed by atoms with E-state index in [1.807, 2.05) is 30.3 Å². The van der Waals surface area contributed by atoms with Gasteiger partial charge in [0.15, 0.2) is 5.52 Å². The van der Waals surface area contributed by atoms with Crippen LogP contribution >= 0.6 is 0 Å². The molecule has 5 heteroatoms. The lowest BCUT2D eigenvalue weighted by molar-refractivity contribution is -0.393. The summed E-state index contributed by atoms with van der Waals surface area (Å²) in [4.78, 5) is 16.8. The van der Waals surface area contributed by atoms with E-state index < -0.39 is 4.92 Å². The molecule has 3 rings (SSSR count). The number of fused-ring (bicyclic) bond motifs is 3. The summed E-state index contributed by atoms with van der Waals surface area (Å²) >= 11 is 0. The van der Waals surface area contributed by atoms with Crippen LogP contribution in [0.4, 0.5) is 5.95 Å². The third-order valence-electron chi connectivity index (χ3n) is 2.54. The van der Waals surface area contributed by atoms with Crippen molar-refractivity contribution in [1.82, 2.24) is 9.97 Å². The lowest BCUT2D eigenvalue weighted by Gasteiger charge is -1.93. The number of benzene rings is 2. The molecule has 0 atom stereocenters. The fraction of sp³-hybridized carbons (Fsp3) is 0. The molecule has 1 N–H and O–H groups in total. The van der Waals surface area contributed by atoms with Crippen molar-refractivity contribution < 1.29 is 4.92 Å². The fourth-order valence-corrected chi connectivity index (χ4v) is 1.82. The molecule has 0 aliphatic heterocycles. The van der Waals surface area contributed by atoms with Gasteiger partial charge in [0.1, 0.15) is 5.52 Å². The Hall–Kier alpha value is -2.43. The topological polar surface area (TPSA) is 71.8 Å². The molecule has 5 nitrogen and oxygen atoms in total. The summed E-state index contributed by atoms with van der Waals surface area (Å²) in [6.07, 6.45) is 0. The first kappa shape index (κ1) is 8.84. The number of H-pyrrole nitrogens is 1. The molecule has 0 amide bonds. The Balaban J connectivity index is 2.46. The van der Waals surface area contributed by atoms with E-state index in [0.29, 0.717) is 11.0 Å². The lowest BCUT2D eigenvalue weighted by atomic mass is 10.1. The van der Waals surface area contributed by atoms with Gasteiger partial charge in [0.25, 0.3) is 0 Å². The molecule has 1 heterocycles. The molecule has 0 aliphatic carbocycles. The number of nitrogens with zero attached hydrogens (tertiary/aromatic N) is 2. The molecule has 2 aromatic carbocycles. The molecule has 1 aromatic heterocycles. The smallest absolute Gasteiger partial charge is 0.390 e. The Morgan fingerprint density at radius 2 is 2.00 bits per heavy atom. The Morgan fingerprint density at radius 1 is 1.19 bits per heavy atom. The van der Waals surface area contributed by atoms with Crippen LogP contribution in [0.1, 0.15) is 0 Å². The average molecular weight is 213 g/mol. The van der Waals surface area contributed by atoms with Crippen LogP contribution in [0.5, 0.6) is 0 Å². The van der Waals surface area contributed by atoms with Crippen LogP contribution in [0.25, 0.3) is 21.8 Å². The zero-order chi connectivity index (χ0) is 11.1. The summed E-state index contributed by atoms with van der Waals surface area (Å²) in [5.74, 6) is -0.216. The predicted molar refractivity (Wildman–Crippen MR) is 60.3 cm³/mol. The maximum Gasteiger partial charge on any atom is 0.433 e. The van der Waals surface area contributed by atoms with E-state index in [9.17, 15) is 10.1 Å². The van der Waals surface area contributed by atoms with Crippen LogP contribution < -0.4 is 0 Å². The zero-order valence-electron chi connectivity index (χ0n) is 8.18. The molecule has 78 valence electrons. The van der Waals surface area contributed by atoms with E-state index in [0.717, 1.165) is 10.8 Å². The quantitative estimate of drug-likeness (QED) is 0.498. The van der Waals surface area contributed by atoms with Crippen molar-refractivity contribution in [2.75, 3.05) is 0 Å². The molecule has 0 saturated carbocycles. The summed E-state index contributed by atoms with van der Waals surface area (Å²) < 4.78 is 0. The third kappa shape index (κ3) is 1.15. The van der Waals surface area contributed by atoms with Gasteiger partial charge in [-0.2, -0.15) is 0 Å². The van der Waals surface area contributed by atoms with E-state index in [4.69, 9.17) is 0 Å². The number of imidazole rings is 1. The van der Waals surface area contributed by atoms with E-state index in [-0.39, 0.29) is 5.95 Å². The second-order valence-electron chi connectivity index (χ2n) is 3.50. The Labute approximate surface area is 89.9 Å². The first-order valence-corrected chi connectivity index (χ1v) is 4.77. The van der Waals surface area contributed by atoms with Gasteiger partial charge in [-0.15, -0.1) is 0 Å². The highest BCUT2D eigenvalue weighted by molar-refractivity contribution is 6.04. The van der Waals surface area contributed by atoms with Crippen molar-refractivity contribution in [1.29, 1.82) is 0 Å². The molecule has 16 heavy (non-hydrogen) atoms. The molecule has 3 aromatic rings. The van der Waals surface area contributed by atoms with Crippen molar-refractivity contribution in [2.45, 2.75) is 0 Å². The summed E-state index contributed by atoms with van der Waals surface area (Å²) in [6.45, 7) is 0. The minimum atomic E-state index is -0.519. The van der Waals surface area contributed by atoms with Gasteiger partial charge in [0, 0.05) is 5.39 Å². The molecular formula is C11H7N3O2. The fourth-order valence-electron chi connectivity index (χ4n) is 1.82. The second kappa shape index (κ2) is 3.03. The second-order valence-corrected chi connectivity index (χ2v) is 3.50. The summed E-state index contributed by atoms with van der Waals surface area (Å²) in [5, 5.41) is 12.6. The van der Waals surface area contributed by atoms with Gasteiger partial charge in [-0.05, 0) is 16.4 Å². The third-order valence-corrected chi connectivity index (χ3v) is 2.54. The molecule has 0 bridgehead atoms. The maximum atomic E-state index is 10.6. The Kier molecular flexibility index (Phi) is 1.67. The molecule has 0 saturated heterocycles. The van der Waals surface area contributed by atoms with Gasteiger partial charge in [-0.1, -0.05) is 35.3 Å². The van der Waals surface area contributed by atoms with Crippen molar-refractivity contribution in [2.24, 2.45) is 0 Å². The number of rotatable bonds is 1. The molecule has 0 fully saturated rings. The summed E-state index contributed by atoms with van der Waals surface area (Å²) in [7, 11) is 0. The summed E-state index contributed by atoms with van der Waals surface area (Å²) in [6, 6.07) is 11.4. The Bertz CT molecular complexity index is 703. The van der Waals surface area contributed by atoms with Crippen LogP contribution in [-0.4, -0.2) is 14.9 Å². The molecule has 0 unspecified atom stereocenters. The zero-order valence-corrected chi connectivity index (χ0v) is 8.18. The predicted octanol–water partition coefficient (Wildman–Crippen LogP) is 2.62. The molecular weight excluding hydrogens is 206 g/mol. The highest BCUT2D eigenvalue weighted by Gasteiger charge is 2.15. The molecule has 0 aliphatic rings. The Morgan fingerprint density at radius 3 is 2.81 bits per heavy atom. The standard InChI is InChI=1S/C11H7N3O2/c15-14(16)11-12-9-6-5-7-3-1-2-4-8(7)10(9)13-11/h1-6H,(H,12,13). The van der Waals surface area contributed by atoms with Gasteiger partial charge in [0.2, 0.25) is 0 Å². The highest BCUT2D eigenvalue weighted by atomic mass is 16.6. The van der Waals surface area contributed by atoms with Crippen LogP contribution in [-0.2, 0) is 0 Å². The maximum absolute atomic E-state index is 10.6. The average Bonchev–Trinajstić information content (AvgIpc) is 2.73. The number of aromatic nitrogens is 2. The van der Waals surface area contributed by atoms with Crippen LogP contribution in [0.15, 0.2) is 36.4 Å². The van der Waals surface area contributed by atoms with Crippen LogP contribution in [0.2, 0.25) is 0 Å². The van der Waals surface area contributed by atoms with Crippen LogP contribution in [0, 0.1) is 10.1 Å². The SMILES string of the molecule is O=[N+]([O-])c1nc2c(ccc3ccccc32)[nH]1. The van der Waals surface area contributed by atoms with Crippen molar-refractivity contribution in [3.05, 3.63) is 46.5 Å².